The van der Waals surface area contributed by atoms with Gasteiger partial charge in [-0.15, -0.1) is 0 Å². The molecular formula is C20H21ClO4. The fourth-order valence-electron chi connectivity index (χ4n) is 2.24. The van der Waals surface area contributed by atoms with Crippen molar-refractivity contribution >= 4 is 23.4 Å². The van der Waals surface area contributed by atoms with E-state index in [0.717, 1.165) is 5.56 Å². The summed E-state index contributed by atoms with van der Waals surface area (Å²) >= 11 is 6.26. The van der Waals surface area contributed by atoms with Crippen molar-refractivity contribution in [2.45, 2.75) is 39.2 Å². The lowest BCUT2D eigenvalue weighted by Crippen LogP contribution is -2.37. The second kappa shape index (κ2) is 7.28. The average Bonchev–Trinajstić information content (AvgIpc) is 2.54. The second-order valence-electron chi connectivity index (χ2n) is 6.67. The molecule has 0 fully saturated rings. The number of hydrogen-bond acceptors (Lipinski definition) is 3. The number of carboxylic acid groups (broad SMARTS) is 1. The fourth-order valence-corrected chi connectivity index (χ4v) is 2.52. The molecule has 2 rings (SSSR count). The summed E-state index contributed by atoms with van der Waals surface area (Å²) in [5, 5.41) is 9.51. The molecule has 0 aliphatic rings. The number of carbonyl (C=O) groups excluding carboxylic acids is 1. The highest BCUT2D eigenvalue weighted by molar-refractivity contribution is 6.35. The molecule has 0 saturated heterocycles. The van der Waals surface area contributed by atoms with Crippen LogP contribution in [0.3, 0.4) is 0 Å². The number of hydrogen-bond donors (Lipinski definition) is 1. The number of carboxylic acids is 1. The monoisotopic (exact) mass is 360 g/mol. The van der Waals surface area contributed by atoms with E-state index in [0.29, 0.717) is 27.8 Å². The van der Waals surface area contributed by atoms with Crippen molar-refractivity contribution in [3.8, 4) is 5.75 Å². The molecule has 0 unspecified atom stereocenters. The molecule has 0 saturated carbocycles. The molecule has 0 bridgehead atoms. The quantitative estimate of drug-likeness (QED) is 0.741. The third-order valence-corrected chi connectivity index (χ3v) is 4.22. The standard InChI is InChI=1S/C20H21ClO4/c1-12(2)14-7-10-16(17(21)11-14)18(22)13-5-8-15(9-6-13)25-20(3,4)19(23)24/h5-12H,1-4H3,(H,23,24). The number of benzene rings is 2. The molecule has 1 N–H and O–H groups in total. The summed E-state index contributed by atoms with van der Waals surface area (Å²) in [7, 11) is 0. The smallest absolute Gasteiger partial charge is 0.347 e. The topological polar surface area (TPSA) is 63.6 Å². The molecular weight excluding hydrogens is 340 g/mol. The van der Waals surface area contributed by atoms with Crippen molar-refractivity contribution in [3.63, 3.8) is 0 Å². The number of ketones is 1. The van der Waals surface area contributed by atoms with Crippen LogP contribution in [0.2, 0.25) is 5.02 Å². The molecule has 0 atom stereocenters. The van der Waals surface area contributed by atoms with E-state index in [1.807, 2.05) is 12.1 Å². The van der Waals surface area contributed by atoms with Crippen LogP contribution in [0.5, 0.6) is 5.75 Å². The van der Waals surface area contributed by atoms with Gasteiger partial charge in [-0.2, -0.15) is 0 Å². The molecule has 0 amide bonds. The highest BCUT2D eigenvalue weighted by Gasteiger charge is 2.29. The van der Waals surface area contributed by atoms with E-state index < -0.39 is 11.6 Å². The van der Waals surface area contributed by atoms with E-state index in [-0.39, 0.29) is 5.78 Å². The van der Waals surface area contributed by atoms with Crippen LogP contribution in [0.25, 0.3) is 0 Å². The van der Waals surface area contributed by atoms with Crippen LogP contribution in [-0.2, 0) is 4.79 Å². The number of halogens is 1. The van der Waals surface area contributed by atoms with E-state index in [9.17, 15) is 9.59 Å². The van der Waals surface area contributed by atoms with Gasteiger partial charge < -0.3 is 9.84 Å². The number of aliphatic carboxylic acids is 1. The summed E-state index contributed by atoms with van der Waals surface area (Å²) in [6.07, 6.45) is 0. The number of carbonyl (C=O) groups is 2. The van der Waals surface area contributed by atoms with Crippen molar-refractivity contribution in [1.29, 1.82) is 0 Å². The van der Waals surface area contributed by atoms with Crippen molar-refractivity contribution in [2.24, 2.45) is 0 Å². The first-order chi connectivity index (χ1) is 11.6. The first-order valence-electron chi connectivity index (χ1n) is 7.98. The molecule has 0 aliphatic carbocycles. The van der Waals surface area contributed by atoms with Crippen LogP contribution in [0.1, 0.15) is 55.1 Å². The summed E-state index contributed by atoms with van der Waals surface area (Å²) in [6, 6.07) is 11.8. The normalized spacial score (nSPS) is 11.4. The summed E-state index contributed by atoms with van der Waals surface area (Å²) in [6.45, 7) is 7.05. The third-order valence-electron chi connectivity index (χ3n) is 3.91. The van der Waals surface area contributed by atoms with Gasteiger partial charge in [0.05, 0.1) is 5.02 Å². The van der Waals surface area contributed by atoms with Gasteiger partial charge in [0.2, 0.25) is 0 Å². The van der Waals surface area contributed by atoms with E-state index in [4.69, 9.17) is 21.4 Å². The van der Waals surface area contributed by atoms with Crippen LogP contribution in [0.4, 0.5) is 0 Å². The molecule has 5 heteroatoms. The zero-order valence-electron chi connectivity index (χ0n) is 14.7. The number of ether oxygens (including phenoxy) is 1. The fraction of sp³-hybridized carbons (Fsp3) is 0.300. The third kappa shape index (κ3) is 4.40. The highest BCUT2D eigenvalue weighted by Crippen LogP contribution is 2.26. The van der Waals surface area contributed by atoms with Gasteiger partial charge in [0.15, 0.2) is 11.4 Å². The van der Waals surface area contributed by atoms with Gasteiger partial charge in [-0.3, -0.25) is 4.79 Å². The van der Waals surface area contributed by atoms with E-state index in [1.54, 1.807) is 30.3 Å². The van der Waals surface area contributed by atoms with Gasteiger partial charge in [-0.1, -0.05) is 31.5 Å². The van der Waals surface area contributed by atoms with Crippen LogP contribution >= 0.6 is 11.6 Å². The Morgan fingerprint density at radius 1 is 1.08 bits per heavy atom. The maximum Gasteiger partial charge on any atom is 0.347 e. The first kappa shape index (κ1) is 19.0. The van der Waals surface area contributed by atoms with Gasteiger partial charge >= 0.3 is 5.97 Å². The summed E-state index contributed by atoms with van der Waals surface area (Å²) in [5.41, 5.74) is 0.619. The Labute approximate surface area is 152 Å². The number of rotatable bonds is 6. The summed E-state index contributed by atoms with van der Waals surface area (Å²) in [5.74, 6) is -0.546. The zero-order chi connectivity index (χ0) is 18.8. The van der Waals surface area contributed by atoms with Crippen molar-refractivity contribution in [2.75, 3.05) is 0 Å². The van der Waals surface area contributed by atoms with E-state index in [2.05, 4.69) is 13.8 Å². The Morgan fingerprint density at radius 3 is 2.16 bits per heavy atom. The maximum atomic E-state index is 12.6. The van der Waals surface area contributed by atoms with Gasteiger partial charge in [0.25, 0.3) is 0 Å². The van der Waals surface area contributed by atoms with Gasteiger partial charge in [-0.05, 0) is 61.7 Å². The molecule has 0 radical (unpaired) electrons. The minimum Gasteiger partial charge on any atom is -0.478 e. The molecule has 0 aromatic heterocycles. The molecule has 0 spiro atoms. The lowest BCUT2D eigenvalue weighted by atomic mass is 9.98. The summed E-state index contributed by atoms with van der Waals surface area (Å²) in [4.78, 5) is 23.7. The molecule has 2 aromatic carbocycles. The predicted octanol–water partition coefficient (Wildman–Crippen LogP) is 4.94. The summed E-state index contributed by atoms with van der Waals surface area (Å²) < 4.78 is 5.43. The lowest BCUT2D eigenvalue weighted by molar-refractivity contribution is -0.152. The average molecular weight is 361 g/mol. The van der Waals surface area contributed by atoms with E-state index in [1.165, 1.54) is 13.8 Å². The lowest BCUT2D eigenvalue weighted by Gasteiger charge is -2.21. The minimum atomic E-state index is -1.35. The highest BCUT2D eigenvalue weighted by atomic mass is 35.5. The van der Waals surface area contributed by atoms with Gasteiger partial charge in [0.1, 0.15) is 5.75 Å². The molecule has 0 heterocycles. The molecule has 132 valence electrons. The molecule has 2 aromatic rings. The Kier molecular flexibility index (Phi) is 5.53. The van der Waals surface area contributed by atoms with Crippen molar-refractivity contribution in [3.05, 3.63) is 64.2 Å². The Balaban J connectivity index is 2.22. The van der Waals surface area contributed by atoms with E-state index >= 15 is 0 Å². The largest absolute Gasteiger partial charge is 0.478 e. The SMILES string of the molecule is CC(C)c1ccc(C(=O)c2ccc(OC(C)(C)C(=O)O)cc2)c(Cl)c1. The van der Waals surface area contributed by atoms with Crippen LogP contribution < -0.4 is 4.74 Å². The zero-order valence-corrected chi connectivity index (χ0v) is 15.4. The van der Waals surface area contributed by atoms with Gasteiger partial charge in [0, 0.05) is 11.1 Å². The second-order valence-corrected chi connectivity index (χ2v) is 7.07. The van der Waals surface area contributed by atoms with Crippen molar-refractivity contribution in [1.82, 2.24) is 0 Å². The molecule has 4 nitrogen and oxygen atoms in total. The first-order valence-corrected chi connectivity index (χ1v) is 8.36. The Morgan fingerprint density at radius 2 is 1.68 bits per heavy atom. The van der Waals surface area contributed by atoms with Crippen LogP contribution in [0.15, 0.2) is 42.5 Å². The molecule has 25 heavy (non-hydrogen) atoms. The predicted molar refractivity (Wildman–Crippen MR) is 97.8 cm³/mol. The molecule has 0 aliphatic heterocycles. The van der Waals surface area contributed by atoms with Crippen LogP contribution in [-0.4, -0.2) is 22.5 Å². The van der Waals surface area contributed by atoms with Gasteiger partial charge in [-0.25, -0.2) is 4.79 Å². The Hall–Kier alpha value is -2.33. The maximum absolute atomic E-state index is 12.6. The van der Waals surface area contributed by atoms with Crippen molar-refractivity contribution < 1.29 is 19.4 Å². The minimum absolute atomic E-state index is 0.190. The Bertz CT molecular complexity index is 792. The van der Waals surface area contributed by atoms with Crippen LogP contribution in [0, 0.1) is 0 Å².